The summed E-state index contributed by atoms with van der Waals surface area (Å²) in [5.74, 6) is 1.20. The first-order chi connectivity index (χ1) is 7.25. The van der Waals surface area contributed by atoms with E-state index in [1.165, 1.54) is 6.07 Å². The summed E-state index contributed by atoms with van der Waals surface area (Å²) in [6.07, 6.45) is 1.06. The minimum Gasteiger partial charge on any atom is -0.494 e. The molecule has 0 aromatic heterocycles. The summed E-state index contributed by atoms with van der Waals surface area (Å²) in [6, 6.07) is 4.72. The van der Waals surface area contributed by atoms with Gasteiger partial charge in [0.05, 0.1) is 11.1 Å². The molecule has 0 atom stereocenters. The van der Waals surface area contributed by atoms with Crippen LogP contribution in [0.5, 0.6) is 5.75 Å². The average molecular weight is 274 g/mol. The molecule has 2 rings (SSSR count). The number of ether oxygens (including phenoxy) is 1. The van der Waals surface area contributed by atoms with Gasteiger partial charge in [0, 0.05) is 0 Å². The summed E-state index contributed by atoms with van der Waals surface area (Å²) in [5, 5.41) is 3.21. The number of hydrogen-bond donors (Lipinski definition) is 1. The number of rotatable bonds is 4. The molecule has 1 aromatic rings. The van der Waals surface area contributed by atoms with E-state index in [2.05, 4.69) is 21.2 Å². The quantitative estimate of drug-likeness (QED) is 0.911. The van der Waals surface area contributed by atoms with Gasteiger partial charge >= 0.3 is 0 Å². The molecule has 1 N–H and O–H groups in total. The van der Waals surface area contributed by atoms with Crippen LogP contribution in [0.3, 0.4) is 0 Å². The van der Waals surface area contributed by atoms with E-state index in [1.54, 1.807) is 12.1 Å². The third-order valence-corrected chi connectivity index (χ3v) is 3.16. The molecule has 1 fully saturated rings. The van der Waals surface area contributed by atoms with Gasteiger partial charge in [-0.2, -0.15) is 0 Å². The van der Waals surface area contributed by atoms with E-state index in [4.69, 9.17) is 4.74 Å². The van der Waals surface area contributed by atoms with Crippen molar-refractivity contribution in [3.63, 3.8) is 0 Å². The number of benzene rings is 1. The first-order valence-corrected chi connectivity index (χ1v) is 5.83. The van der Waals surface area contributed by atoms with Crippen molar-refractivity contribution in [2.75, 3.05) is 19.7 Å². The molecule has 1 aromatic carbocycles. The Hall–Kier alpha value is -0.610. The van der Waals surface area contributed by atoms with Crippen LogP contribution in [0, 0.1) is 11.7 Å². The first-order valence-electron chi connectivity index (χ1n) is 5.04. The molecule has 1 aliphatic rings. The minimum atomic E-state index is -0.259. The second-order valence-corrected chi connectivity index (χ2v) is 4.59. The van der Waals surface area contributed by atoms with Crippen LogP contribution in [0.4, 0.5) is 4.39 Å². The lowest BCUT2D eigenvalue weighted by atomic mass is 10.0. The highest BCUT2D eigenvalue weighted by Crippen LogP contribution is 2.22. The van der Waals surface area contributed by atoms with Crippen LogP contribution in [0.1, 0.15) is 6.42 Å². The highest BCUT2D eigenvalue weighted by Gasteiger charge is 2.16. The Morgan fingerprint density at radius 1 is 1.47 bits per heavy atom. The molecule has 0 amide bonds. The molecule has 0 radical (unpaired) electrons. The zero-order chi connectivity index (χ0) is 10.7. The Morgan fingerprint density at radius 2 is 2.27 bits per heavy atom. The molecule has 1 heterocycles. The van der Waals surface area contributed by atoms with Gasteiger partial charge in [-0.3, -0.25) is 0 Å². The predicted molar refractivity (Wildman–Crippen MR) is 60.6 cm³/mol. The van der Waals surface area contributed by atoms with E-state index in [0.717, 1.165) is 31.2 Å². The molecule has 0 saturated carbocycles. The summed E-state index contributed by atoms with van der Waals surface area (Å²) in [4.78, 5) is 0. The first kappa shape index (κ1) is 10.9. The summed E-state index contributed by atoms with van der Waals surface area (Å²) in [5.41, 5.74) is 0. The Labute approximate surface area is 96.9 Å². The van der Waals surface area contributed by atoms with E-state index in [-0.39, 0.29) is 5.82 Å². The maximum absolute atomic E-state index is 12.9. The minimum absolute atomic E-state index is 0.259. The van der Waals surface area contributed by atoms with Gasteiger partial charge in [-0.1, -0.05) is 0 Å². The summed E-state index contributed by atoms with van der Waals surface area (Å²) < 4.78 is 18.9. The van der Waals surface area contributed by atoms with Crippen molar-refractivity contribution in [3.05, 3.63) is 28.5 Å². The molecule has 1 saturated heterocycles. The fraction of sp³-hybridized carbons (Fsp3) is 0.455. The lowest BCUT2D eigenvalue weighted by Gasteiger charge is -2.26. The highest BCUT2D eigenvalue weighted by molar-refractivity contribution is 9.10. The normalized spacial score (nSPS) is 16.1. The Morgan fingerprint density at radius 3 is 2.87 bits per heavy atom. The lowest BCUT2D eigenvalue weighted by molar-refractivity contribution is 0.238. The van der Waals surface area contributed by atoms with Gasteiger partial charge in [-0.05, 0) is 59.6 Å². The Bertz CT molecular complexity index is 341. The van der Waals surface area contributed by atoms with Crippen LogP contribution in [-0.4, -0.2) is 19.7 Å². The van der Waals surface area contributed by atoms with Crippen molar-refractivity contribution >= 4 is 15.9 Å². The molecule has 0 unspecified atom stereocenters. The van der Waals surface area contributed by atoms with E-state index in [9.17, 15) is 4.39 Å². The highest BCUT2D eigenvalue weighted by atomic mass is 79.9. The zero-order valence-electron chi connectivity index (χ0n) is 8.30. The maximum atomic E-state index is 12.9. The molecule has 0 bridgehead atoms. The van der Waals surface area contributed by atoms with Crippen LogP contribution in [0.2, 0.25) is 0 Å². The van der Waals surface area contributed by atoms with E-state index >= 15 is 0 Å². The number of nitrogens with one attached hydrogen (secondary N) is 1. The van der Waals surface area contributed by atoms with Gasteiger partial charge in [0.25, 0.3) is 0 Å². The fourth-order valence-corrected chi connectivity index (χ4v) is 1.82. The molecule has 4 heteroatoms. The van der Waals surface area contributed by atoms with E-state index in [1.807, 2.05) is 0 Å². The lowest BCUT2D eigenvalue weighted by Crippen LogP contribution is -2.42. The summed E-state index contributed by atoms with van der Waals surface area (Å²) in [6.45, 7) is 2.89. The van der Waals surface area contributed by atoms with E-state index in [0.29, 0.717) is 11.1 Å². The number of hydrogen-bond acceptors (Lipinski definition) is 2. The van der Waals surface area contributed by atoms with Gasteiger partial charge in [0.15, 0.2) is 0 Å². The number of halogens is 2. The van der Waals surface area contributed by atoms with Crippen LogP contribution in [0.25, 0.3) is 0 Å². The maximum Gasteiger partial charge on any atom is 0.137 e. The molecular formula is C11H13BrFNO. The molecule has 82 valence electrons. The zero-order valence-corrected chi connectivity index (χ0v) is 9.89. The summed E-state index contributed by atoms with van der Waals surface area (Å²) in [7, 11) is 0. The molecule has 2 nitrogen and oxygen atoms in total. The predicted octanol–water partition coefficient (Wildman–Crippen LogP) is 2.58. The largest absolute Gasteiger partial charge is 0.494 e. The van der Waals surface area contributed by atoms with Crippen LogP contribution < -0.4 is 10.1 Å². The van der Waals surface area contributed by atoms with Crippen molar-refractivity contribution in [3.8, 4) is 5.75 Å². The van der Waals surface area contributed by atoms with Gasteiger partial charge in [-0.15, -0.1) is 0 Å². The monoisotopic (exact) mass is 273 g/mol. The van der Waals surface area contributed by atoms with E-state index < -0.39 is 0 Å². The van der Waals surface area contributed by atoms with Crippen molar-refractivity contribution < 1.29 is 9.13 Å². The van der Waals surface area contributed by atoms with Crippen LogP contribution in [-0.2, 0) is 0 Å². The molecule has 0 spiro atoms. The van der Waals surface area contributed by atoms with Crippen molar-refractivity contribution in [1.82, 2.24) is 5.32 Å². The average Bonchev–Trinajstić information content (AvgIpc) is 2.15. The van der Waals surface area contributed by atoms with Crippen LogP contribution in [0.15, 0.2) is 22.7 Å². The molecule has 0 aliphatic carbocycles. The van der Waals surface area contributed by atoms with Gasteiger partial charge in [0.1, 0.15) is 11.6 Å². The SMILES string of the molecule is Fc1ccc(OCCC2CNC2)cc1Br. The second kappa shape index (κ2) is 4.94. The summed E-state index contributed by atoms with van der Waals surface area (Å²) >= 11 is 3.13. The molecular weight excluding hydrogens is 261 g/mol. The Kier molecular flexibility index (Phi) is 3.59. The topological polar surface area (TPSA) is 21.3 Å². The standard InChI is InChI=1S/C11H13BrFNO/c12-10-5-9(1-2-11(10)13)15-4-3-8-6-14-7-8/h1-2,5,8,14H,3-4,6-7H2. The molecule has 1 aliphatic heterocycles. The second-order valence-electron chi connectivity index (χ2n) is 3.74. The molecule has 15 heavy (non-hydrogen) atoms. The van der Waals surface area contributed by atoms with Crippen molar-refractivity contribution in [1.29, 1.82) is 0 Å². The third kappa shape index (κ3) is 2.92. The third-order valence-electron chi connectivity index (χ3n) is 2.55. The van der Waals surface area contributed by atoms with Crippen LogP contribution >= 0.6 is 15.9 Å². The van der Waals surface area contributed by atoms with Crippen molar-refractivity contribution in [2.24, 2.45) is 5.92 Å². The fourth-order valence-electron chi connectivity index (χ4n) is 1.46. The van der Waals surface area contributed by atoms with Crippen molar-refractivity contribution in [2.45, 2.75) is 6.42 Å². The van der Waals surface area contributed by atoms with Gasteiger partial charge in [0.2, 0.25) is 0 Å². The van der Waals surface area contributed by atoms with Gasteiger partial charge < -0.3 is 10.1 Å². The van der Waals surface area contributed by atoms with Gasteiger partial charge in [-0.25, -0.2) is 4.39 Å². The smallest absolute Gasteiger partial charge is 0.137 e. The Balaban J connectivity index is 1.79.